The van der Waals surface area contributed by atoms with Crippen molar-refractivity contribution in [1.29, 1.82) is 0 Å². The normalized spacial score (nSPS) is 10.9. The summed E-state index contributed by atoms with van der Waals surface area (Å²) in [6.45, 7) is 9.51. The van der Waals surface area contributed by atoms with E-state index >= 15 is 0 Å². The number of benzene rings is 1. The first-order valence-corrected chi connectivity index (χ1v) is 6.76. The van der Waals surface area contributed by atoms with E-state index in [1.807, 2.05) is 19.1 Å². The van der Waals surface area contributed by atoms with Crippen molar-refractivity contribution >= 4 is 0 Å². The molecule has 0 saturated heterocycles. The van der Waals surface area contributed by atoms with Gasteiger partial charge in [-0.3, -0.25) is 0 Å². The Morgan fingerprint density at radius 1 is 1.28 bits per heavy atom. The molecule has 0 fully saturated rings. The van der Waals surface area contributed by atoms with Gasteiger partial charge < -0.3 is 14.8 Å². The third kappa shape index (κ3) is 6.62. The third-order valence-electron chi connectivity index (χ3n) is 2.49. The minimum atomic E-state index is 0.327. The lowest BCUT2D eigenvalue weighted by molar-refractivity contribution is 0.0770. The molecule has 0 heterocycles. The maximum Gasteiger partial charge on any atom is 0.119 e. The molecule has 1 aromatic rings. The van der Waals surface area contributed by atoms with Gasteiger partial charge in [-0.1, -0.05) is 12.1 Å². The minimum absolute atomic E-state index is 0.327. The highest BCUT2D eigenvalue weighted by Gasteiger charge is 1.97. The molecule has 3 heteroatoms. The summed E-state index contributed by atoms with van der Waals surface area (Å²) in [6, 6.07) is 8.22. The molecule has 0 aliphatic rings. The molecule has 0 amide bonds. The van der Waals surface area contributed by atoms with E-state index < -0.39 is 0 Å². The fourth-order valence-electron chi connectivity index (χ4n) is 1.66. The Bertz CT molecular complexity index is 326. The Hall–Kier alpha value is -1.06. The third-order valence-corrected chi connectivity index (χ3v) is 2.49. The highest BCUT2D eigenvalue weighted by molar-refractivity contribution is 5.28. The van der Waals surface area contributed by atoms with Crippen molar-refractivity contribution in [3.8, 4) is 5.75 Å². The second kappa shape index (κ2) is 8.95. The quantitative estimate of drug-likeness (QED) is 0.684. The lowest BCUT2D eigenvalue weighted by atomic mass is 10.2. The van der Waals surface area contributed by atoms with Crippen LogP contribution in [0.15, 0.2) is 24.3 Å². The zero-order valence-electron chi connectivity index (χ0n) is 11.7. The van der Waals surface area contributed by atoms with E-state index in [4.69, 9.17) is 9.47 Å². The molecule has 0 spiro atoms. The zero-order chi connectivity index (χ0) is 13.2. The van der Waals surface area contributed by atoms with Crippen LogP contribution in [-0.2, 0) is 11.3 Å². The summed E-state index contributed by atoms with van der Waals surface area (Å²) < 4.78 is 11.0. The van der Waals surface area contributed by atoms with E-state index in [2.05, 4.69) is 31.3 Å². The van der Waals surface area contributed by atoms with Gasteiger partial charge in [0, 0.05) is 13.2 Å². The molecule has 1 N–H and O–H groups in total. The fourth-order valence-corrected chi connectivity index (χ4v) is 1.66. The van der Waals surface area contributed by atoms with Crippen molar-refractivity contribution in [2.24, 2.45) is 0 Å². The van der Waals surface area contributed by atoms with Crippen LogP contribution in [-0.4, -0.2) is 25.9 Å². The van der Waals surface area contributed by atoms with Crippen molar-refractivity contribution in [3.63, 3.8) is 0 Å². The standard InChI is InChI=1S/C15H25NO2/c1-4-17-15-8-5-7-14(11-15)12-16-9-6-10-18-13(2)3/h5,7-8,11,13,16H,4,6,9-10,12H2,1-3H3. The van der Waals surface area contributed by atoms with E-state index in [-0.39, 0.29) is 0 Å². The highest BCUT2D eigenvalue weighted by atomic mass is 16.5. The van der Waals surface area contributed by atoms with Crippen LogP contribution in [0.25, 0.3) is 0 Å². The van der Waals surface area contributed by atoms with Crippen LogP contribution in [0, 0.1) is 0 Å². The summed E-state index contributed by atoms with van der Waals surface area (Å²) in [7, 11) is 0. The Kier molecular flexibility index (Phi) is 7.46. The molecule has 0 aliphatic carbocycles. The summed E-state index contributed by atoms with van der Waals surface area (Å²) >= 11 is 0. The molecule has 102 valence electrons. The molecular weight excluding hydrogens is 226 g/mol. The predicted molar refractivity (Wildman–Crippen MR) is 75.0 cm³/mol. The minimum Gasteiger partial charge on any atom is -0.494 e. The fraction of sp³-hybridized carbons (Fsp3) is 0.600. The van der Waals surface area contributed by atoms with Gasteiger partial charge in [-0.15, -0.1) is 0 Å². The molecule has 1 rings (SSSR count). The van der Waals surface area contributed by atoms with E-state index in [0.29, 0.717) is 12.7 Å². The molecule has 0 saturated carbocycles. The predicted octanol–water partition coefficient (Wildman–Crippen LogP) is 2.99. The summed E-state index contributed by atoms with van der Waals surface area (Å²) in [5.74, 6) is 0.944. The van der Waals surface area contributed by atoms with Crippen LogP contribution in [0.5, 0.6) is 5.75 Å². The zero-order valence-corrected chi connectivity index (χ0v) is 11.7. The molecule has 0 bridgehead atoms. The van der Waals surface area contributed by atoms with E-state index in [9.17, 15) is 0 Å². The molecule has 0 aromatic heterocycles. The number of hydrogen-bond acceptors (Lipinski definition) is 3. The van der Waals surface area contributed by atoms with Gasteiger partial charge >= 0.3 is 0 Å². The molecule has 0 unspecified atom stereocenters. The smallest absolute Gasteiger partial charge is 0.119 e. The van der Waals surface area contributed by atoms with Gasteiger partial charge in [0.1, 0.15) is 5.75 Å². The average Bonchev–Trinajstić information content (AvgIpc) is 2.34. The van der Waals surface area contributed by atoms with Gasteiger partial charge in [0.2, 0.25) is 0 Å². The van der Waals surface area contributed by atoms with E-state index in [1.54, 1.807) is 0 Å². The maximum absolute atomic E-state index is 5.49. The second-order valence-corrected chi connectivity index (χ2v) is 4.53. The lowest BCUT2D eigenvalue weighted by Crippen LogP contribution is -2.17. The van der Waals surface area contributed by atoms with Crippen molar-refractivity contribution in [3.05, 3.63) is 29.8 Å². The van der Waals surface area contributed by atoms with E-state index in [1.165, 1.54) is 5.56 Å². The van der Waals surface area contributed by atoms with Gasteiger partial charge in [0.05, 0.1) is 12.7 Å². The monoisotopic (exact) mass is 251 g/mol. The van der Waals surface area contributed by atoms with Crippen molar-refractivity contribution in [2.75, 3.05) is 19.8 Å². The molecule has 0 aliphatic heterocycles. The molecule has 3 nitrogen and oxygen atoms in total. The Balaban J connectivity index is 2.16. The molecule has 0 radical (unpaired) electrons. The average molecular weight is 251 g/mol. The van der Waals surface area contributed by atoms with Gasteiger partial charge in [0.25, 0.3) is 0 Å². The van der Waals surface area contributed by atoms with Crippen molar-refractivity contribution < 1.29 is 9.47 Å². The molecule has 1 aromatic carbocycles. The van der Waals surface area contributed by atoms with Crippen LogP contribution >= 0.6 is 0 Å². The number of ether oxygens (including phenoxy) is 2. The first-order valence-electron chi connectivity index (χ1n) is 6.76. The van der Waals surface area contributed by atoms with Gasteiger partial charge in [-0.25, -0.2) is 0 Å². The van der Waals surface area contributed by atoms with Gasteiger partial charge in [-0.05, 0) is 51.4 Å². The van der Waals surface area contributed by atoms with Crippen LogP contribution in [0.1, 0.15) is 32.8 Å². The Morgan fingerprint density at radius 3 is 2.83 bits per heavy atom. The number of hydrogen-bond donors (Lipinski definition) is 1. The summed E-state index contributed by atoms with van der Waals surface area (Å²) in [6.07, 6.45) is 1.37. The first kappa shape index (κ1) is 15.0. The van der Waals surface area contributed by atoms with Crippen LogP contribution in [0.2, 0.25) is 0 Å². The SMILES string of the molecule is CCOc1cccc(CNCCCOC(C)C)c1. The second-order valence-electron chi connectivity index (χ2n) is 4.53. The maximum atomic E-state index is 5.49. The number of nitrogens with one attached hydrogen (secondary N) is 1. The Labute approximate surface area is 110 Å². The van der Waals surface area contributed by atoms with Crippen LogP contribution in [0.4, 0.5) is 0 Å². The van der Waals surface area contributed by atoms with Gasteiger partial charge in [-0.2, -0.15) is 0 Å². The topological polar surface area (TPSA) is 30.5 Å². The van der Waals surface area contributed by atoms with E-state index in [0.717, 1.165) is 31.9 Å². The largest absolute Gasteiger partial charge is 0.494 e. The molecular formula is C15H25NO2. The van der Waals surface area contributed by atoms with Crippen molar-refractivity contribution in [1.82, 2.24) is 5.32 Å². The number of rotatable bonds is 9. The highest BCUT2D eigenvalue weighted by Crippen LogP contribution is 2.12. The summed E-state index contributed by atoms with van der Waals surface area (Å²) in [4.78, 5) is 0. The lowest BCUT2D eigenvalue weighted by Gasteiger charge is -2.09. The van der Waals surface area contributed by atoms with Crippen LogP contribution < -0.4 is 10.1 Å². The summed E-state index contributed by atoms with van der Waals surface area (Å²) in [5, 5.41) is 3.41. The molecule has 0 atom stereocenters. The Morgan fingerprint density at radius 2 is 2.11 bits per heavy atom. The first-order chi connectivity index (χ1) is 8.72. The van der Waals surface area contributed by atoms with Gasteiger partial charge in [0.15, 0.2) is 0 Å². The molecule has 18 heavy (non-hydrogen) atoms. The van der Waals surface area contributed by atoms with Crippen molar-refractivity contribution in [2.45, 2.75) is 39.8 Å². The summed E-state index contributed by atoms with van der Waals surface area (Å²) in [5.41, 5.74) is 1.26. The van der Waals surface area contributed by atoms with Crippen LogP contribution in [0.3, 0.4) is 0 Å².